The highest BCUT2D eigenvalue weighted by Gasteiger charge is 2.26. The second kappa shape index (κ2) is 9.50. The van der Waals surface area contributed by atoms with E-state index in [4.69, 9.17) is 9.47 Å². The molecule has 6 nitrogen and oxygen atoms in total. The molecule has 34 heavy (non-hydrogen) atoms. The van der Waals surface area contributed by atoms with Crippen LogP contribution in [0.4, 0.5) is 22.7 Å². The van der Waals surface area contributed by atoms with Crippen molar-refractivity contribution in [3.63, 3.8) is 0 Å². The molecule has 0 aliphatic carbocycles. The van der Waals surface area contributed by atoms with Crippen LogP contribution in [0.5, 0.6) is 11.5 Å². The van der Waals surface area contributed by atoms with Crippen LogP contribution in [-0.4, -0.2) is 11.9 Å². The third-order valence-electron chi connectivity index (χ3n) is 5.43. The Morgan fingerprint density at radius 1 is 0.735 bits per heavy atom. The largest absolute Gasteiger partial charge is 0.423 e. The Balaban J connectivity index is 1.74. The molecule has 0 spiro atoms. The summed E-state index contributed by atoms with van der Waals surface area (Å²) in [5, 5.41) is 0. The van der Waals surface area contributed by atoms with Crippen LogP contribution in [0.1, 0.15) is 13.8 Å². The second-order valence-electron chi connectivity index (χ2n) is 7.60. The van der Waals surface area contributed by atoms with Gasteiger partial charge in [0.25, 0.3) is 0 Å². The molecule has 1 aliphatic rings. The van der Waals surface area contributed by atoms with E-state index in [0.29, 0.717) is 11.5 Å². The Morgan fingerprint density at radius 3 is 1.62 bits per heavy atom. The van der Waals surface area contributed by atoms with E-state index < -0.39 is 11.9 Å². The summed E-state index contributed by atoms with van der Waals surface area (Å²) in [6.45, 7) is 11.1. The van der Waals surface area contributed by atoms with E-state index in [1.165, 1.54) is 11.4 Å². The number of esters is 2. The Labute approximate surface area is 198 Å². The molecule has 1 heterocycles. The van der Waals surface area contributed by atoms with Crippen LogP contribution in [0.25, 0.3) is 0 Å². The zero-order valence-electron chi connectivity index (χ0n) is 19.0. The second-order valence-corrected chi connectivity index (χ2v) is 7.60. The van der Waals surface area contributed by atoms with Crippen LogP contribution in [0, 0.1) is 0 Å². The van der Waals surface area contributed by atoms with Gasteiger partial charge in [0, 0.05) is 58.4 Å². The lowest BCUT2D eigenvalue weighted by Crippen LogP contribution is -2.11. The summed E-state index contributed by atoms with van der Waals surface area (Å²) in [7, 11) is 0. The number of nitrogens with zero attached hydrogens (tertiary/aromatic N) is 2. The zero-order valence-corrected chi connectivity index (χ0v) is 19.0. The summed E-state index contributed by atoms with van der Waals surface area (Å²) in [5.41, 5.74) is 5.97. The topological polar surface area (TPSA) is 58.9 Å². The number of ether oxygens (including phenoxy) is 2. The first-order chi connectivity index (χ1) is 16.4. The number of carbonyl (C=O) groups is 2. The summed E-state index contributed by atoms with van der Waals surface area (Å²) in [5.74, 6) is -0.304. The molecule has 0 atom stereocenters. The summed E-state index contributed by atoms with van der Waals surface area (Å²) in [6, 6.07) is 22.5. The fourth-order valence-corrected chi connectivity index (χ4v) is 3.63. The molecule has 4 rings (SSSR count). The van der Waals surface area contributed by atoms with Crippen molar-refractivity contribution in [2.45, 2.75) is 13.8 Å². The minimum absolute atomic E-state index is 0.387. The van der Waals surface area contributed by atoms with Gasteiger partial charge in [-0.05, 0) is 62.4 Å². The Morgan fingerprint density at radius 2 is 1.21 bits per heavy atom. The lowest BCUT2D eigenvalue weighted by Gasteiger charge is -2.26. The fourth-order valence-electron chi connectivity index (χ4n) is 3.63. The number of benzene rings is 3. The van der Waals surface area contributed by atoms with Crippen LogP contribution >= 0.6 is 0 Å². The van der Waals surface area contributed by atoms with Gasteiger partial charge in [-0.25, -0.2) is 9.59 Å². The highest BCUT2D eigenvalue weighted by Crippen LogP contribution is 2.41. The predicted octanol–water partition coefficient (Wildman–Crippen LogP) is 6.41. The van der Waals surface area contributed by atoms with Gasteiger partial charge in [-0.1, -0.05) is 25.3 Å². The van der Waals surface area contributed by atoms with E-state index in [0.717, 1.165) is 34.9 Å². The first-order valence-electron chi connectivity index (χ1n) is 10.7. The van der Waals surface area contributed by atoms with Gasteiger partial charge in [-0.15, -0.1) is 0 Å². The van der Waals surface area contributed by atoms with Crippen LogP contribution in [-0.2, 0) is 9.59 Å². The molecule has 3 aromatic rings. The van der Waals surface area contributed by atoms with Gasteiger partial charge < -0.3 is 19.3 Å². The van der Waals surface area contributed by atoms with E-state index >= 15 is 0 Å². The molecular weight excluding hydrogens is 428 g/mol. The lowest BCUT2D eigenvalue weighted by atomic mass is 10.1. The molecule has 0 N–H and O–H groups in total. The van der Waals surface area contributed by atoms with Crippen molar-refractivity contribution in [3.8, 4) is 11.5 Å². The van der Waals surface area contributed by atoms with Gasteiger partial charge in [-0.2, -0.15) is 0 Å². The van der Waals surface area contributed by atoms with Crippen LogP contribution in [0.3, 0.4) is 0 Å². The Hall–Kier alpha value is -4.58. The summed E-state index contributed by atoms with van der Waals surface area (Å²) >= 11 is 0. The van der Waals surface area contributed by atoms with Gasteiger partial charge >= 0.3 is 11.9 Å². The SMILES string of the molecule is C=CC(=O)Oc1cccc(N(c2ccc(N3C(C)=C3C)cc2)c2cccc(OC(=O)C=C)c2)c1. The van der Waals surface area contributed by atoms with Crippen molar-refractivity contribution < 1.29 is 19.1 Å². The fraction of sp³-hybridized carbons (Fsp3) is 0.0714. The minimum Gasteiger partial charge on any atom is -0.423 e. The lowest BCUT2D eigenvalue weighted by molar-refractivity contribution is -0.129. The van der Waals surface area contributed by atoms with Crippen LogP contribution in [0.2, 0.25) is 0 Å². The zero-order chi connectivity index (χ0) is 24.2. The Kier molecular flexibility index (Phi) is 6.32. The smallest absolute Gasteiger partial charge is 0.335 e. The normalized spacial score (nSPS) is 12.1. The number of carbonyl (C=O) groups excluding carboxylic acids is 2. The van der Waals surface area contributed by atoms with Crippen molar-refractivity contribution >= 4 is 34.7 Å². The van der Waals surface area contributed by atoms with Gasteiger partial charge in [0.15, 0.2) is 0 Å². The third kappa shape index (κ3) is 4.76. The van der Waals surface area contributed by atoms with Crippen LogP contribution in [0.15, 0.2) is 110 Å². The molecule has 0 saturated heterocycles. The maximum atomic E-state index is 11.7. The number of hydrogen-bond acceptors (Lipinski definition) is 6. The summed E-state index contributed by atoms with van der Waals surface area (Å²) in [4.78, 5) is 27.6. The van der Waals surface area contributed by atoms with Gasteiger partial charge in [0.1, 0.15) is 11.5 Å². The average Bonchev–Trinajstić information content (AvgIpc) is 3.45. The minimum atomic E-state index is -0.539. The molecule has 0 bridgehead atoms. The predicted molar refractivity (Wildman–Crippen MR) is 134 cm³/mol. The first kappa shape index (κ1) is 22.6. The number of rotatable bonds is 8. The highest BCUT2D eigenvalue weighted by atomic mass is 16.5. The molecule has 3 aromatic carbocycles. The molecule has 0 fully saturated rings. The third-order valence-corrected chi connectivity index (χ3v) is 5.43. The van der Waals surface area contributed by atoms with E-state index in [-0.39, 0.29) is 0 Å². The monoisotopic (exact) mass is 452 g/mol. The van der Waals surface area contributed by atoms with Crippen molar-refractivity contribution in [1.82, 2.24) is 0 Å². The summed E-state index contributed by atoms with van der Waals surface area (Å²) < 4.78 is 10.6. The van der Waals surface area contributed by atoms with E-state index in [9.17, 15) is 9.59 Å². The van der Waals surface area contributed by atoms with E-state index in [1.807, 2.05) is 41.3 Å². The molecule has 0 aromatic heterocycles. The number of allylic oxidation sites excluding steroid dienone is 2. The van der Waals surface area contributed by atoms with Crippen LogP contribution < -0.4 is 19.3 Å². The quantitative estimate of drug-likeness (QED) is 0.224. The van der Waals surface area contributed by atoms with Gasteiger partial charge in [-0.3, -0.25) is 0 Å². The first-order valence-corrected chi connectivity index (χ1v) is 10.7. The highest BCUT2D eigenvalue weighted by molar-refractivity contribution is 5.85. The molecule has 0 saturated carbocycles. The molecule has 0 unspecified atom stereocenters. The number of anilines is 4. The molecule has 6 heteroatoms. The average molecular weight is 453 g/mol. The maximum absolute atomic E-state index is 11.7. The standard InChI is InChI=1S/C28H24N2O4/c1-5-27(31)33-25-11-7-9-23(17-25)30(24-10-8-12-26(18-24)34-28(32)6-2)22-15-13-21(14-16-22)29-19(3)20(29)4/h5-18H,1-2H2,3-4H3. The molecular formula is C28H24N2O4. The Bertz CT molecular complexity index is 1230. The molecule has 0 radical (unpaired) electrons. The van der Waals surface area contributed by atoms with E-state index in [2.05, 4.69) is 31.9 Å². The van der Waals surface area contributed by atoms with Crippen molar-refractivity contribution in [2.24, 2.45) is 0 Å². The van der Waals surface area contributed by atoms with Crippen molar-refractivity contribution in [1.29, 1.82) is 0 Å². The van der Waals surface area contributed by atoms with E-state index in [1.54, 1.807) is 36.4 Å². The van der Waals surface area contributed by atoms with Crippen molar-refractivity contribution in [3.05, 3.63) is 110 Å². The summed E-state index contributed by atoms with van der Waals surface area (Å²) in [6.07, 6.45) is 2.23. The van der Waals surface area contributed by atoms with Crippen molar-refractivity contribution in [2.75, 3.05) is 9.80 Å². The number of hydrogen-bond donors (Lipinski definition) is 0. The van der Waals surface area contributed by atoms with Gasteiger partial charge in [0.05, 0.1) is 0 Å². The molecule has 0 amide bonds. The van der Waals surface area contributed by atoms with Gasteiger partial charge in [0.2, 0.25) is 0 Å². The molecule has 1 aliphatic heterocycles. The molecule has 170 valence electrons. The maximum Gasteiger partial charge on any atom is 0.335 e.